The third kappa shape index (κ3) is 2.91. The average Bonchev–Trinajstić information content (AvgIpc) is 2.03. The minimum Gasteiger partial charge on any atom is -0.0961 e. The third-order valence-electron chi connectivity index (χ3n) is 1.53. The van der Waals surface area contributed by atoms with Crippen LogP contribution in [0, 0.1) is 0 Å². The molecule has 0 saturated heterocycles. The number of rotatable bonds is 2. The number of allylic oxidation sites excluding steroid dienone is 2. The zero-order chi connectivity index (χ0) is 9.84. The van der Waals surface area contributed by atoms with Crippen LogP contribution in [-0.4, -0.2) is 0 Å². The van der Waals surface area contributed by atoms with Gasteiger partial charge in [-0.05, 0) is 19.1 Å². The van der Waals surface area contributed by atoms with Gasteiger partial charge in [0.25, 0.3) is 0 Å². The fourth-order valence-corrected chi connectivity index (χ4v) is 1.42. The number of halogens is 2. The standard InChI is InChI=1S/C11H10Cl2/c1-8(2)6-7-9-10(12)4-3-5-11(9)13/h3-7H,1H2,2H3/b7-6+. The monoisotopic (exact) mass is 212 g/mol. The second-order valence-electron chi connectivity index (χ2n) is 2.82. The van der Waals surface area contributed by atoms with Crippen molar-refractivity contribution >= 4 is 29.3 Å². The van der Waals surface area contributed by atoms with E-state index in [-0.39, 0.29) is 0 Å². The molecule has 68 valence electrons. The summed E-state index contributed by atoms with van der Waals surface area (Å²) in [5.74, 6) is 0. The molecular weight excluding hydrogens is 203 g/mol. The fourth-order valence-electron chi connectivity index (χ4n) is 0.896. The van der Waals surface area contributed by atoms with E-state index < -0.39 is 0 Å². The first kappa shape index (κ1) is 10.4. The lowest BCUT2D eigenvalue weighted by molar-refractivity contribution is 1.57. The van der Waals surface area contributed by atoms with Gasteiger partial charge in [0.2, 0.25) is 0 Å². The van der Waals surface area contributed by atoms with Crippen molar-refractivity contribution in [2.24, 2.45) is 0 Å². The lowest BCUT2D eigenvalue weighted by Crippen LogP contribution is -1.76. The Hall–Kier alpha value is -0.720. The Labute approximate surface area is 88.5 Å². The molecule has 0 nitrogen and oxygen atoms in total. The molecule has 13 heavy (non-hydrogen) atoms. The van der Waals surface area contributed by atoms with Gasteiger partial charge in [-0.1, -0.05) is 53.6 Å². The van der Waals surface area contributed by atoms with Crippen molar-refractivity contribution in [2.75, 3.05) is 0 Å². The van der Waals surface area contributed by atoms with Crippen LogP contribution in [0.15, 0.2) is 36.4 Å². The second kappa shape index (κ2) is 4.50. The van der Waals surface area contributed by atoms with Gasteiger partial charge in [0.15, 0.2) is 0 Å². The normalized spacial score (nSPS) is 10.7. The molecule has 0 N–H and O–H groups in total. The summed E-state index contributed by atoms with van der Waals surface area (Å²) < 4.78 is 0. The summed E-state index contributed by atoms with van der Waals surface area (Å²) in [6.45, 7) is 5.67. The summed E-state index contributed by atoms with van der Waals surface area (Å²) in [6.07, 6.45) is 3.75. The van der Waals surface area contributed by atoms with Gasteiger partial charge in [-0.2, -0.15) is 0 Å². The average molecular weight is 213 g/mol. The van der Waals surface area contributed by atoms with Gasteiger partial charge in [0.1, 0.15) is 0 Å². The van der Waals surface area contributed by atoms with Crippen LogP contribution >= 0.6 is 23.2 Å². The number of hydrogen-bond acceptors (Lipinski definition) is 0. The lowest BCUT2D eigenvalue weighted by atomic mass is 10.2. The van der Waals surface area contributed by atoms with Crippen LogP contribution in [0.1, 0.15) is 12.5 Å². The van der Waals surface area contributed by atoms with E-state index in [0.29, 0.717) is 10.0 Å². The van der Waals surface area contributed by atoms with E-state index in [1.54, 1.807) is 0 Å². The van der Waals surface area contributed by atoms with Crippen LogP contribution in [0.5, 0.6) is 0 Å². The molecule has 0 aliphatic carbocycles. The fraction of sp³-hybridized carbons (Fsp3) is 0.0909. The second-order valence-corrected chi connectivity index (χ2v) is 3.63. The molecule has 1 aromatic carbocycles. The SMILES string of the molecule is C=C(C)/C=C/c1c(Cl)cccc1Cl. The lowest BCUT2D eigenvalue weighted by Gasteiger charge is -2.00. The van der Waals surface area contributed by atoms with Crippen LogP contribution in [-0.2, 0) is 0 Å². The first-order valence-electron chi connectivity index (χ1n) is 3.89. The molecule has 1 aromatic rings. The van der Waals surface area contributed by atoms with Crippen LogP contribution in [0.3, 0.4) is 0 Å². The minimum atomic E-state index is 0.657. The molecule has 0 radical (unpaired) electrons. The van der Waals surface area contributed by atoms with Gasteiger partial charge in [0, 0.05) is 15.6 Å². The third-order valence-corrected chi connectivity index (χ3v) is 2.19. The van der Waals surface area contributed by atoms with Gasteiger partial charge in [0.05, 0.1) is 0 Å². The maximum absolute atomic E-state index is 5.95. The Bertz CT molecular complexity index is 331. The zero-order valence-corrected chi connectivity index (χ0v) is 8.86. The Morgan fingerprint density at radius 2 is 1.85 bits per heavy atom. The van der Waals surface area contributed by atoms with Crippen LogP contribution < -0.4 is 0 Å². The van der Waals surface area contributed by atoms with Gasteiger partial charge in [-0.25, -0.2) is 0 Å². The molecule has 2 heteroatoms. The number of hydrogen-bond donors (Lipinski definition) is 0. The van der Waals surface area contributed by atoms with Gasteiger partial charge in [-0.3, -0.25) is 0 Å². The maximum atomic E-state index is 5.95. The first-order chi connectivity index (χ1) is 6.11. The first-order valence-corrected chi connectivity index (χ1v) is 4.64. The highest BCUT2D eigenvalue weighted by Crippen LogP contribution is 2.25. The molecule has 0 spiro atoms. The molecule has 0 aromatic heterocycles. The Kier molecular flexibility index (Phi) is 3.58. The van der Waals surface area contributed by atoms with Crippen molar-refractivity contribution in [3.8, 4) is 0 Å². The molecule has 0 aliphatic rings. The molecule has 1 rings (SSSR count). The summed E-state index contributed by atoms with van der Waals surface area (Å²) in [4.78, 5) is 0. The zero-order valence-electron chi connectivity index (χ0n) is 7.35. The molecule has 0 unspecified atom stereocenters. The van der Waals surface area contributed by atoms with E-state index in [4.69, 9.17) is 23.2 Å². The van der Waals surface area contributed by atoms with Gasteiger partial charge in [-0.15, -0.1) is 0 Å². The summed E-state index contributed by atoms with van der Waals surface area (Å²) in [7, 11) is 0. The van der Waals surface area contributed by atoms with Crippen molar-refractivity contribution in [3.05, 3.63) is 52.0 Å². The van der Waals surface area contributed by atoms with E-state index >= 15 is 0 Å². The largest absolute Gasteiger partial charge is 0.0961 e. The molecule has 0 bridgehead atoms. The summed E-state index contributed by atoms with van der Waals surface area (Å²) in [6, 6.07) is 5.44. The quantitative estimate of drug-likeness (QED) is 0.630. The maximum Gasteiger partial charge on any atom is 0.0493 e. The van der Waals surface area contributed by atoms with Crippen LogP contribution in [0.4, 0.5) is 0 Å². The van der Waals surface area contributed by atoms with Crippen molar-refractivity contribution in [1.82, 2.24) is 0 Å². The summed E-state index contributed by atoms with van der Waals surface area (Å²) >= 11 is 11.9. The van der Waals surface area contributed by atoms with E-state index in [0.717, 1.165) is 11.1 Å². The van der Waals surface area contributed by atoms with Crippen molar-refractivity contribution in [1.29, 1.82) is 0 Å². The molecule has 0 aliphatic heterocycles. The summed E-state index contributed by atoms with van der Waals surface area (Å²) in [5, 5.41) is 1.31. The molecule has 0 atom stereocenters. The highest BCUT2D eigenvalue weighted by molar-refractivity contribution is 6.37. The molecule has 0 saturated carbocycles. The highest BCUT2D eigenvalue weighted by atomic mass is 35.5. The van der Waals surface area contributed by atoms with E-state index in [2.05, 4.69) is 6.58 Å². The Balaban J connectivity index is 3.06. The minimum absolute atomic E-state index is 0.657. The molecule has 0 heterocycles. The topological polar surface area (TPSA) is 0 Å². The van der Waals surface area contributed by atoms with Crippen molar-refractivity contribution in [2.45, 2.75) is 6.92 Å². The highest BCUT2D eigenvalue weighted by Gasteiger charge is 1.99. The van der Waals surface area contributed by atoms with Crippen LogP contribution in [0.2, 0.25) is 10.0 Å². The molecule has 0 fully saturated rings. The van der Waals surface area contributed by atoms with Crippen molar-refractivity contribution in [3.63, 3.8) is 0 Å². The molecule has 0 amide bonds. The van der Waals surface area contributed by atoms with E-state index in [9.17, 15) is 0 Å². The number of benzene rings is 1. The molecular formula is C11H10Cl2. The van der Waals surface area contributed by atoms with E-state index in [1.807, 2.05) is 37.3 Å². The smallest absolute Gasteiger partial charge is 0.0493 e. The van der Waals surface area contributed by atoms with E-state index in [1.165, 1.54) is 0 Å². The van der Waals surface area contributed by atoms with Gasteiger partial charge < -0.3 is 0 Å². The predicted molar refractivity (Wildman–Crippen MR) is 60.3 cm³/mol. The Morgan fingerprint density at radius 3 is 2.31 bits per heavy atom. The predicted octanol–water partition coefficient (Wildman–Crippen LogP) is 4.58. The van der Waals surface area contributed by atoms with Crippen molar-refractivity contribution < 1.29 is 0 Å². The van der Waals surface area contributed by atoms with Gasteiger partial charge >= 0.3 is 0 Å². The summed E-state index contributed by atoms with van der Waals surface area (Å²) in [5.41, 5.74) is 1.81. The Morgan fingerprint density at radius 1 is 1.31 bits per heavy atom. The van der Waals surface area contributed by atoms with Crippen LogP contribution in [0.25, 0.3) is 6.08 Å².